The van der Waals surface area contributed by atoms with Gasteiger partial charge in [-0.25, -0.2) is 9.07 Å². The Morgan fingerprint density at radius 3 is 2.60 bits per heavy atom. The molecule has 1 heterocycles. The molecular weight excluding hydrogens is 341 g/mol. The first-order chi connectivity index (χ1) is 12.1. The van der Waals surface area contributed by atoms with Crippen molar-refractivity contribution in [2.75, 3.05) is 0 Å². The number of nitrogens with zero attached hydrogens (tertiary/aromatic N) is 3. The molecule has 0 spiro atoms. The average molecular weight is 352 g/mol. The maximum atomic E-state index is 13.7. The Balaban J connectivity index is 1.91. The molecule has 0 fully saturated rings. The van der Waals surface area contributed by atoms with Crippen molar-refractivity contribution < 1.29 is 9.18 Å². The molecular formula is C19H11ClFN3O. The zero-order valence-corrected chi connectivity index (χ0v) is 13.6. The van der Waals surface area contributed by atoms with Crippen LogP contribution in [0, 0.1) is 17.1 Å². The van der Waals surface area contributed by atoms with Crippen LogP contribution in [0.1, 0.15) is 15.9 Å². The van der Waals surface area contributed by atoms with Crippen LogP contribution in [0.3, 0.4) is 0 Å². The second kappa shape index (κ2) is 7.12. The van der Waals surface area contributed by atoms with Crippen molar-refractivity contribution in [3.8, 4) is 11.8 Å². The molecule has 2 aromatic carbocycles. The first kappa shape index (κ1) is 16.6. The van der Waals surface area contributed by atoms with Crippen LogP contribution in [0.4, 0.5) is 4.39 Å². The molecule has 3 aromatic rings. The molecule has 3 rings (SSSR count). The second-order valence-corrected chi connectivity index (χ2v) is 5.61. The van der Waals surface area contributed by atoms with Crippen molar-refractivity contribution in [2.24, 2.45) is 0 Å². The van der Waals surface area contributed by atoms with Crippen LogP contribution in [0.15, 0.2) is 66.5 Å². The highest BCUT2D eigenvalue weighted by Crippen LogP contribution is 2.17. The van der Waals surface area contributed by atoms with Crippen molar-refractivity contribution in [1.29, 1.82) is 5.26 Å². The van der Waals surface area contributed by atoms with Crippen LogP contribution in [0.2, 0.25) is 5.02 Å². The summed E-state index contributed by atoms with van der Waals surface area (Å²) in [4.78, 5) is 12.3. The van der Waals surface area contributed by atoms with Crippen molar-refractivity contribution in [2.45, 2.75) is 0 Å². The minimum atomic E-state index is -0.667. The molecule has 0 radical (unpaired) electrons. The Bertz CT molecular complexity index is 1000. The molecule has 0 amide bonds. The fourth-order valence-electron chi connectivity index (χ4n) is 2.25. The van der Waals surface area contributed by atoms with Crippen molar-refractivity contribution in [3.05, 3.63) is 88.5 Å². The standard InChI is InChI=1S/C19H11ClFN3O/c20-15-5-7-16(8-6-15)24-12-13(11-23-24)9-14(10-22)19(25)17-3-1-2-4-18(17)21/h1-9,11-12H/b14-9+. The highest BCUT2D eigenvalue weighted by molar-refractivity contribution is 6.30. The number of carbonyl (C=O) groups is 1. The van der Waals surface area contributed by atoms with Gasteiger partial charge in [-0.2, -0.15) is 10.4 Å². The topological polar surface area (TPSA) is 58.7 Å². The Morgan fingerprint density at radius 2 is 1.92 bits per heavy atom. The molecule has 0 aliphatic rings. The molecule has 122 valence electrons. The highest BCUT2D eigenvalue weighted by atomic mass is 35.5. The number of hydrogen-bond acceptors (Lipinski definition) is 3. The molecule has 0 saturated carbocycles. The third kappa shape index (κ3) is 3.65. The summed E-state index contributed by atoms with van der Waals surface area (Å²) in [6.07, 6.45) is 4.56. The molecule has 0 aliphatic carbocycles. The van der Waals surface area contributed by atoms with E-state index < -0.39 is 11.6 Å². The molecule has 1 aromatic heterocycles. The minimum absolute atomic E-state index is 0.139. The van der Waals surface area contributed by atoms with Gasteiger partial charge >= 0.3 is 0 Å². The number of Topliss-reactive ketones (excluding diaryl/α,β-unsaturated/α-hetero) is 1. The fourth-order valence-corrected chi connectivity index (χ4v) is 2.38. The Labute approximate surface area is 148 Å². The minimum Gasteiger partial charge on any atom is -0.288 e. The normalized spacial score (nSPS) is 11.2. The van der Waals surface area contributed by atoms with Crippen molar-refractivity contribution in [1.82, 2.24) is 9.78 Å². The lowest BCUT2D eigenvalue weighted by molar-refractivity contribution is 0.103. The number of ketones is 1. The zero-order valence-electron chi connectivity index (χ0n) is 12.9. The molecule has 0 saturated heterocycles. The van der Waals surface area contributed by atoms with Crippen LogP contribution in [-0.4, -0.2) is 15.6 Å². The summed E-state index contributed by atoms with van der Waals surface area (Å²) >= 11 is 5.85. The van der Waals surface area contributed by atoms with E-state index in [2.05, 4.69) is 5.10 Å². The van der Waals surface area contributed by atoms with Crippen LogP contribution >= 0.6 is 11.6 Å². The Morgan fingerprint density at radius 1 is 1.20 bits per heavy atom. The summed E-state index contributed by atoms with van der Waals surface area (Å²) < 4.78 is 15.3. The zero-order chi connectivity index (χ0) is 17.8. The Kier molecular flexibility index (Phi) is 4.73. The summed E-state index contributed by atoms with van der Waals surface area (Å²) in [7, 11) is 0. The number of carbonyl (C=O) groups excluding carboxylic acids is 1. The molecule has 0 atom stereocenters. The van der Waals surface area contributed by atoms with Gasteiger partial charge < -0.3 is 0 Å². The second-order valence-electron chi connectivity index (χ2n) is 5.17. The fraction of sp³-hybridized carbons (Fsp3) is 0. The van der Waals surface area contributed by atoms with Gasteiger partial charge in [0.2, 0.25) is 5.78 Å². The summed E-state index contributed by atoms with van der Waals surface area (Å²) in [5.74, 6) is -1.33. The van der Waals surface area contributed by atoms with E-state index in [1.165, 1.54) is 30.5 Å². The largest absolute Gasteiger partial charge is 0.288 e. The van der Waals surface area contributed by atoms with Gasteiger partial charge in [0.1, 0.15) is 17.5 Å². The van der Waals surface area contributed by atoms with E-state index in [0.29, 0.717) is 10.6 Å². The third-order valence-corrected chi connectivity index (χ3v) is 3.74. The van der Waals surface area contributed by atoms with E-state index in [0.717, 1.165) is 5.69 Å². The SMILES string of the molecule is N#C/C(=C\c1cnn(-c2ccc(Cl)cc2)c1)C(=O)c1ccccc1F. The average Bonchev–Trinajstić information content (AvgIpc) is 3.09. The number of aromatic nitrogens is 2. The van der Waals surface area contributed by atoms with Gasteiger partial charge in [-0.1, -0.05) is 23.7 Å². The van der Waals surface area contributed by atoms with Gasteiger partial charge in [-0.15, -0.1) is 0 Å². The molecule has 4 nitrogen and oxygen atoms in total. The van der Waals surface area contributed by atoms with E-state index >= 15 is 0 Å². The van der Waals surface area contributed by atoms with E-state index in [1.54, 1.807) is 41.2 Å². The number of halogens is 2. The van der Waals surface area contributed by atoms with Crippen LogP contribution < -0.4 is 0 Å². The van der Waals surface area contributed by atoms with Crippen LogP contribution in [0.25, 0.3) is 11.8 Å². The monoisotopic (exact) mass is 351 g/mol. The predicted octanol–water partition coefficient (Wildman–Crippen LogP) is 4.45. The lowest BCUT2D eigenvalue weighted by Gasteiger charge is -2.01. The molecule has 0 bridgehead atoms. The predicted molar refractivity (Wildman–Crippen MR) is 92.9 cm³/mol. The molecule has 0 N–H and O–H groups in total. The summed E-state index contributed by atoms with van der Waals surface area (Å²) in [6.45, 7) is 0. The molecule has 25 heavy (non-hydrogen) atoms. The molecule has 0 aliphatic heterocycles. The van der Waals surface area contributed by atoms with E-state index in [4.69, 9.17) is 11.6 Å². The van der Waals surface area contributed by atoms with Gasteiger partial charge in [0.15, 0.2) is 0 Å². The lowest BCUT2D eigenvalue weighted by atomic mass is 10.0. The summed E-state index contributed by atoms with van der Waals surface area (Å²) in [6, 6.07) is 14.4. The van der Waals surface area contributed by atoms with Gasteiger partial charge in [-0.05, 0) is 42.5 Å². The number of allylic oxidation sites excluding steroid dienone is 1. The van der Waals surface area contributed by atoms with E-state index in [-0.39, 0.29) is 11.1 Å². The third-order valence-electron chi connectivity index (χ3n) is 3.49. The van der Waals surface area contributed by atoms with Crippen molar-refractivity contribution in [3.63, 3.8) is 0 Å². The number of nitriles is 1. The van der Waals surface area contributed by atoms with Gasteiger partial charge in [0.25, 0.3) is 0 Å². The Hall–Kier alpha value is -3.23. The first-order valence-corrected chi connectivity index (χ1v) is 7.68. The number of benzene rings is 2. The summed E-state index contributed by atoms with van der Waals surface area (Å²) in [5.41, 5.74) is 1.03. The quantitative estimate of drug-likeness (QED) is 0.396. The van der Waals surface area contributed by atoms with Gasteiger partial charge in [0.05, 0.1) is 17.4 Å². The maximum absolute atomic E-state index is 13.7. The van der Waals surface area contributed by atoms with E-state index in [1.807, 2.05) is 6.07 Å². The highest BCUT2D eigenvalue weighted by Gasteiger charge is 2.16. The van der Waals surface area contributed by atoms with Gasteiger partial charge in [0, 0.05) is 16.8 Å². The van der Waals surface area contributed by atoms with Gasteiger partial charge in [-0.3, -0.25) is 4.79 Å². The number of hydrogen-bond donors (Lipinski definition) is 0. The molecule has 6 heteroatoms. The maximum Gasteiger partial charge on any atom is 0.206 e. The van der Waals surface area contributed by atoms with Crippen LogP contribution in [0.5, 0.6) is 0 Å². The van der Waals surface area contributed by atoms with Crippen molar-refractivity contribution >= 4 is 23.5 Å². The first-order valence-electron chi connectivity index (χ1n) is 7.30. The summed E-state index contributed by atoms with van der Waals surface area (Å²) in [5, 5.41) is 14.1. The van der Waals surface area contributed by atoms with E-state index in [9.17, 15) is 14.4 Å². The van der Waals surface area contributed by atoms with Crippen LogP contribution in [-0.2, 0) is 0 Å². The lowest BCUT2D eigenvalue weighted by Crippen LogP contribution is -2.04. The number of rotatable bonds is 4. The smallest absolute Gasteiger partial charge is 0.206 e. The molecule has 0 unspecified atom stereocenters.